The second kappa shape index (κ2) is 10.8. The molecule has 1 aliphatic rings. The molecule has 2 unspecified atom stereocenters. The van der Waals surface area contributed by atoms with Gasteiger partial charge in [0.2, 0.25) is 5.91 Å². The van der Waals surface area contributed by atoms with Crippen molar-refractivity contribution in [1.82, 2.24) is 5.32 Å². The van der Waals surface area contributed by atoms with E-state index < -0.39 is 27.0 Å². The van der Waals surface area contributed by atoms with Gasteiger partial charge in [-0.05, 0) is 75.1 Å². The van der Waals surface area contributed by atoms with Crippen molar-refractivity contribution in [2.24, 2.45) is 0 Å². The highest BCUT2D eigenvalue weighted by atomic mass is 32.2. The highest BCUT2D eigenvalue weighted by Gasteiger charge is 2.26. The molecule has 3 rings (SSSR count). The smallest absolute Gasteiger partial charge is 0.411 e. The molecule has 0 aliphatic heterocycles. The van der Waals surface area contributed by atoms with Crippen molar-refractivity contribution in [3.63, 3.8) is 0 Å². The molecule has 0 spiro atoms. The number of carbonyl (C=O) groups is 2. The Morgan fingerprint density at radius 3 is 2.36 bits per heavy atom. The van der Waals surface area contributed by atoms with Crippen LogP contribution in [0.1, 0.15) is 45.1 Å². The van der Waals surface area contributed by atoms with Crippen LogP contribution in [-0.2, 0) is 25.8 Å². The number of benzene rings is 2. The monoisotopic (exact) mass is 476 g/mol. The summed E-state index contributed by atoms with van der Waals surface area (Å²) in [6.45, 7) is 3.26. The summed E-state index contributed by atoms with van der Waals surface area (Å²) in [5.41, 5.74) is 1.16. The zero-order valence-corrected chi connectivity index (χ0v) is 19.5. The van der Waals surface area contributed by atoms with Crippen molar-refractivity contribution in [2.45, 2.75) is 68.2 Å². The lowest BCUT2D eigenvalue weighted by atomic mass is 9.92. The summed E-state index contributed by atoms with van der Waals surface area (Å²) in [6.07, 6.45) is 2.00. The summed E-state index contributed by atoms with van der Waals surface area (Å²) in [4.78, 5) is 24.9. The van der Waals surface area contributed by atoms with Gasteiger partial charge in [-0.15, -0.1) is 0 Å². The maximum absolute atomic E-state index is 13.0. The van der Waals surface area contributed by atoms with Gasteiger partial charge in [0, 0.05) is 18.2 Å². The Balaban J connectivity index is 1.48. The summed E-state index contributed by atoms with van der Waals surface area (Å²) in [5, 5.41) is 5.04. The first kappa shape index (κ1) is 24.7. The first-order valence-electron chi connectivity index (χ1n) is 11.0. The largest absolute Gasteiger partial charge is 0.446 e. The molecule has 9 heteroatoms. The van der Waals surface area contributed by atoms with Crippen LogP contribution < -0.4 is 10.6 Å². The number of hydrogen-bond donors (Lipinski definition) is 2. The van der Waals surface area contributed by atoms with Crippen LogP contribution in [0, 0.1) is 5.82 Å². The lowest BCUT2D eigenvalue weighted by Crippen LogP contribution is -2.41. The van der Waals surface area contributed by atoms with Crippen molar-refractivity contribution in [2.75, 3.05) is 5.32 Å². The molecular weight excluding hydrogens is 447 g/mol. The highest BCUT2D eigenvalue weighted by molar-refractivity contribution is 7.92. The topological polar surface area (TPSA) is 102 Å². The number of rotatable bonds is 7. The number of halogens is 1. The van der Waals surface area contributed by atoms with Crippen LogP contribution in [0.4, 0.5) is 14.9 Å². The molecular formula is C24H29FN2O5S. The van der Waals surface area contributed by atoms with Gasteiger partial charge in [-0.2, -0.15) is 0 Å². The number of carbonyl (C=O) groups excluding carboxylic acids is 2. The summed E-state index contributed by atoms with van der Waals surface area (Å²) < 4.78 is 42.9. The maximum atomic E-state index is 13.0. The predicted octanol–water partition coefficient (Wildman–Crippen LogP) is 4.23. The van der Waals surface area contributed by atoms with Gasteiger partial charge in [0.25, 0.3) is 0 Å². The zero-order valence-electron chi connectivity index (χ0n) is 18.7. The quantitative estimate of drug-likeness (QED) is 0.623. The van der Waals surface area contributed by atoms with Gasteiger partial charge in [-0.25, -0.2) is 17.6 Å². The summed E-state index contributed by atoms with van der Waals surface area (Å²) in [6, 6.07) is 11.6. The van der Waals surface area contributed by atoms with Crippen molar-refractivity contribution in [3.05, 3.63) is 59.9 Å². The normalized spacial score (nSPS) is 18.5. The molecule has 1 fully saturated rings. The zero-order chi connectivity index (χ0) is 24.0. The number of nitrogens with one attached hydrogen (secondary N) is 2. The lowest BCUT2D eigenvalue weighted by Gasteiger charge is -2.29. The molecule has 1 aliphatic carbocycles. The third-order valence-electron chi connectivity index (χ3n) is 5.59. The fourth-order valence-electron chi connectivity index (χ4n) is 3.75. The average Bonchev–Trinajstić information content (AvgIpc) is 2.75. The molecule has 178 valence electrons. The number of ether oxygens (including phenoxy) is 1. The van der Waals surface area contributed by atoms with Gasteiger partial charge in [-0.3, -0.25) is 10.1 Å². The lowest BCUT2D eigenvalue weighted by molar-refractivity contribution is -0.121. The Bertz CT molecular complexity index is 1070. The van der Waals surface area contributed by atoms with Crippen molar-refractivity contribution >= 4 is 27.5 Å². The first-order valence-corrected chi connectivity index (χ1v) is 12.5. The fourth-order valence-corrected chi connectivity index (χ4v) is 4.81. The Morgan fingerprint density at radius 1 is 1.06 bits per heavy atom. The first-order chi connectivity index (χ1) is 15.6. The minimum Gasteiger partial charge on any atom is -0.446 e. The van der Waals surface area contributed by atoms with Crippen LogP contribution in [0.3, 0.4) is 0 Å². The highest BCUT2D eigenvalue weighted by Crippen LogP contribution is 2.22. The molecule has 0 bridgehead atoms. The molecule has 2 atom stereocenters. The van der Waals surface area contributed by atoms with Crippen LogP contribution in [0.15, 0.2) is 53.4 Å². The SMILES string of the molecule is CC(C)S(=O)(=O)c1ccc(CC(=O)NC2CCCC(OC(=O)Nc3ccc(F)cc3)C2)cc1. The Labute approximate surface area is 193 Å². The molecule has 2 N–H and O–H groups in total. The standard InChI is InChI=1S/C24H29FN2O5S/c1-16(2)33(30,31)22-12-6-17(7-13-22)14-23(28)26-20-4-3-5-21(15-20)32-24(29)27-19-10-8-18(25)9-11-19/h6-13,16,20-21H,3-5,14-15H2,1-2H3,(H,26,28)(H,27,29). The number of hydrogen-bond acceptors (Lipinski definition) is 5. The van der Waals surface area contributed by atoms with E-state index in [4.69, 9.17) is 4.74 Å². The summed E-state index contributed by atoms with van der Waals surface area (Å²) in [7, 11) is -3.35. The van der Waals surface area contributed by atoms with E-state index in [0.717, 1.165) is 18.4 Å². The van der Waals surface area contributed by atoms with Crippen LogP contribution >= 0.6 is 0 Å². The number of sulfone groups is 1. The molecule has 7 nitrogen and oxygen atoms in total. The van der Waals surface area contributed by atoms with E-state index in [1.165, 1.54) is 36.4 Å². The van der Waals surface area contributed by atoms with Gasteiger partial charge in [0.15, 0.2) is 9.84 Å². The van der Waals surface area contributed by atoms with E-state index in [1.807, 2.05) is 0 Å². The minimum atomic E-state index is -3.35. The Morgan fingerprint density at radius 2 is 1.73 bits per heavy atom. The van der Waals surface area contributed by atoms with Crippen molar-refractivity contribution in [3.8, 4) is 0 Å². The predicted molar refractivity (Wildman–Crippen MR) is 123 cm³/mol. The molecule has 0 aromatic heterocycles. The third-order valence-corrected chi connectivity index (χ3v) is 7.76. The van der Waals surface area contributed by atoms with E-state index in [0.29, 0.717) is 18.5 Å². The van der Waals surface area contributed by atoms with E-state index in [1.54, 1.807) is 26.0 Å². The molecule has 33 heavy (non-hydrogen) atoms. The van der Waals surface area contributed by atoms with Crippen LogP contribution in [0.25, 0.3) is 0 Å². The Hall–Kier alpha value is -2.94. The van der Waals surface area contributed by atoms with Gasteiger partial charge in [0.05, 0.1) is 16.6 Å². The van der Waals surface area contributed by atoms with Gasteiger partial charge < -0.3 is 10.1 Å². The maximum Gasteiger partial charge on any atom is 0.411 e. The second-order valence-electron chi connectivity index (χ2n) is 8.50. The fraction of sp³-hybridized carbons (Fsp3) is 0.417. The molecule has 0 heterocycles. The summed E-state index contributed by atoms with van der Waals surface area (Å²) in [5.74, 6) is -0.563. The molecule has 2 aromatic carbocycles. The average molecular weight is 477 g/mol. The van der Waals surface area contributed by atoms with E-state index in [2.05, 4.69) is 10.6 Å². The molecule has 1 saturated carbocycles. The van der Waals surface area contributed by atoms with Crippen LogP contribution in [-0.4, -0.2) is 37.8 Å². The molecule has 0 radical (unpaired) electrons. The van der Waals surface area contributed by atoms with Gasteiger partial charge >= 0.3 is 6.09 Å². The molecule has 0 saturated heterocycles. The van der Waals surface area contributed by atoms with Gasteiger partial charge in [-0.1, -0.05) is 12.1 Å². The van der Waals surface area contributed by atoms with E-state index >= 15 is 0 Å². The second-order valence-corrected chi connectivity index (χ2v) is 11.0. The minimum absolute atomic E-state index is 0.115. The van der Waals surface area contributed by atoms with Crippen molar-refractivity contribution < 1.29 is 27.1 Å². The van der Waals surface area contributed by atoms with E-state index in [9.17, 15) is 22.4 Å². The molecule has 2 amide bonds. The summed E-state index contributed by atoms with van der Waals surface area (Å²) >= 11 is 0. The Kier molecular flexibility index (Phi) is 8.07. The van der Waals surface area contributed by atoms with Crippen LogP contribution in [0.2, 0.25) is 0 Å². The number of anilines is 1. The van der Waals surface area contributed by atoms with Crippen molar-refractivity contribution in [1.29, 1.82) is 0 Å². The van der Waals surface area contributed by atoms with E-state index in [-0.39, 0.29) is 29.4 Å². The van der Waals surface area contributed by atoms with Crippen LogP contribution in [0.5, 0.6) is 0 Å². The van der Waals surface area contributed by atoms with Gasteiger partial charge in [0.1, 0.15) is 11.9 Å². The third kappa shape index (κ3) is 7.02. The number of amides is 2. The molecule has 2 aromatic rings.